The molecule has 3 rings (SSSR count). The van der Waals surface area contributed by atoms with Gasteiger partial charge in [0.2, 0.25) is 0 Å². The maximum Gasteiger partial charge on any atom is 0.120 e. The number of H-pyrrole nitrogens is 1. The Labute approximate surface area is 103 Å². The van der Waals surface area contributed by atoms with Crippen molar-refractivity contribution >= 4 is 22.2 Å². The minimum atomic E-state index is 0.678. The van der Waals surface area contributed by atoms with E-state index >= 15 is 0 Å². The fraction of sp³-hybridized carbons (Fsp3) is 0.154. The molecule has 2 heterocycles. The Morgan fingerprint density at radius 1 is 1.35 bits per heavy atom. The normalized spacial score (nSPS) is 10.9. The van der Waals surface area contributed by atoms with Gasteiger partial charge in [-0.1, -0.05) is 6.07 Å². The third-order valence-corrected chi connectivity index (χ3v) is 3.48. The van der Waals surface area contributed by atoms with Gasteiger partial charge in [0.15, 0.2) is 0 Å². The van der Waals surface area contributed by atoms with Gasteiger partial charge in [-0.2, -0.15) is 5.10 Å². The van der Waals surface area contributed by atoms with Gasteiger partial charge in [-0.25, -0.2) is 0 Å². The summed E-state index contributed by atoms with van der Waals surface area (Å²) in [5.41, 5.74) is 2.04. The van der Waals surface area contributed by atoms with Crippen molar-refractivity contribution in [3.05, 3.63) is 35.7 Å². The Morgan fingerprint density at radius 3 is 3.06 bits per heavy atom. The van der Waals surface area contributed by atoms with Gasteiger partial charge in [-0.15, -0.1) is 11.3 Å². The minimum absolute atomic E-state index is 0.678. The molecular weight excluding hydrogens is 232 g/mol. The van der Waals surface area contributed by atoms with E-state index in [9.17, 15) is 0 Å². The Hall–Kier alpha value is -1.81. The number of aromatic nitrogens is 2. The molecule has 0 unspecified atom stereocenters. The first-order chi connectivity index (χ1) is 8.38. The molecule has 4 heteroatoms. The van der Waals surface area contributed by atoms with Crippen LogP contribution >= 0.6 is 11.3 Å². The van der Waals surface area contributed by atoms with Gasteiger partial charge >= 0.3 is 0 Å². The molecule has 1 aromatic carbocycles. The van der Waals surface area contributed by atoms with Crippen LogP contribution in [0.5, 0.6) is 5.75 Å². The summed E-state index contributed by atoms with van der Waals surface area (Å²) in [6.45, 7) is 2.66. The second kappa shape index (κ2) is 4.22. The van der Waals surface area contributed by atoms with E-state index in [4.69, 9.17) is 4.74 Å². The van der Waals surface area contributed by atoms with Crippen molar-refractivity contribution in [3.8, 4) is 16.3 Å². The molecule has 0 radical (unpaired) electrons. The lowest BCUT2D eigenvalue weighted by Crippen LogP contribution is -1.90. The molecule has 86 valence electrons. The zero-order valence-electron chi connectivity index (χ0n) is 9.43. The standard InChI is InChI=1S/C13H12N2OS/c1-2-16-9-5-6-11-10(8-9)13(15-14-11)12-4-3-7-17-12/h3-8H,2H2,1H3,(H,14,15). The van der Waals surface area contributed by atoms with E-state index in [0.717, 1.165) is 22.3 Å². The van der Waals surface area contributed by atoms with Crippen LogP contribution in [0.4, 0.5) is 0 Å². The molecule has 0 amide bonds. The van der Waals surface area contributed by atoms with Crippen molar-refractivity contribution in [1.82, 2.24) is 10.2 Å². The number of benzene rings is 1. The van der Waals surface area contributed by atoms with Crippen LogP contribution in [0.1, 0.15) is 6.92 Å². The number of rotatable bonds is 3. The Bertz CT molecular complexity index is 628. The Morgan fingerprint density at radius 2 is 2.29 bits per heavy atom. The molecule has 0 aliphatic heterocycles. The number of thiophene rings is 1. The molecule has 0 saturated carbocycles. The highest BCUT2D eigenvalue weighted by molar-refractivity contribution is 7.13. The number of aromatic amines is 1. The molecular formula is C13H12N2OS. The molecule has 17 heavy (non-hydrogen) atoms. The predicted molar refractivity (Wildman–Crippen MR) is 70.6 cm³/mol. The van der Waals surface area contributed by atoms with E-state index in [-0.39, 0.29) is 0 Å². The molecule has 3 aromatic rings. The van der Waals surface area contributed by atoms with E-state index in [1.165, 1.54) is 4.88 Å². The summed E-state index contributed by atoms with van der Waals surface area (Å²) in [6, 6.07) is 10.1. The maximum absolute atomic E-state index is 5.52. The first kappa shape index (κ1) is 10.4. The van der Waals surface area contributed by atoms with Gasteiger partial charge in [-0.05, 0) is 36.6 Å². The molecule has 2 aromatic heterocycles. The quantitative estimate of drug-likeness (QED) is 0.763. The fourth-order valence-corrected chi connectivity index (χ4v) is 2.58. The molecule has 0 saturated heterocycles. The predicted octanol–water partition coefficient (Wildman–Crippen LogP) is 3.69. The van der Waals surface area contributed by atoms with Crippen LogP contribution in [0.25, 0.3) is 21.5 Å². The minimum Gasteiger partial charge on any atom is -0.494 e. The maximum atomic E-state index is 5.52. The lowest BCUT2D eigenvalue weighted by molar-refractivity contribution is 0.341. The van der Waals surface area contributed by atoms with E-state index in [0.29, 0.717) is 6.61 Å². The highest BCUT2D eigenvalue weighted by Gasteiger charge is 2.09. The van der Waals surface area contributed by atoms with E-state index in [1.807, 2.05) is 31.2 Å². The van der Waals surface area contributed by atoms with Crippen molar-refractivity contribution in [2.45, 2.75) is 6.92 Å². The molecule has 0 fully saturated rings. The summed E-state index contributed by atoms with van der Waals surface area (Å²) in [5.74, 6) is 0.888. The smallest absolute Gasteiger partial charge is 0.120 e. The van der Waals surface area contributed by atoms with Crippen molar-refractivity contribution in [2.75, 3.05) is 6.61 Å². The van der Waals surface area contributed by atoms with E-state index in [2.05, 4.69) is 21.6 Å². The lowest BCUT2D eigenvalue weighted by Gasteiger charge is -2.02. The van der Waals surface area contributed by atoms with Crippen molar-refractivity contribution < 1.29 is 4.74 Å². The number of ether oxygens (including phenoxy) is 1. The summed E-state index contributed by atoms with van der Waals surface area (Å²) in [4.78, 5) is 1.17. The monoisotopic (exact) mass is 244 g/mol. The van der Waals surface area contributed by atoms with Gasteiger partial charge in [0.1, 0.15) is 11.4 Å². The third-order valence-electron chi connectivity index (χ3n) is 2.60. The molecule has 0 spiro atoms. The van der Waals surface area contributed by atoms with Crippen LogP contribution < -0.4 is 4.74 Å². The topological polar surface area (TPSA) is 37.9 Å². The summed E-state index contributed by atoms with van der Waals surface area (Å²) in [6.07, 6.45) is 0. The van der Waals surface area contributed by atoms with Crippen LogP contribution in [0, 0.1) is 0 Å². The number of hydrogen-bond acceptors (Lipinski definition) is 3. The summed E-state index contributed by atoms with van der Waals surface area (Å²) in [7, 11) is 0. The Balaban J connectivity index is 2.16. The third kappa shape index (κ3) is 1.80. The van der Waals surface area contributed by atoms with Crippen LogP contribution in [-0.2, 0) is 0 Å². The average molecular weight is 244 g/mol. The second-order valence-corrected chi connectivity index (χ2v) is 4.64. The summed E-state index contributed by atoms with van der Waals surface area (Å²) >= 11 is 1.69. The van der Waals surface area contributed by atoms with Crippen molar-refractivity contribution in [2.24, 2.45) is 0 Å². The van der Waals surface area contributed by atoms with Crippen LogP contribution in [0.3, 0.4) is 0 Å². The highest BCUT2D eigenvalue weighted by Crippen LogP contribution is 2.31. The first-order valence-corrected chi connectivity index (χ1v) is 6.41. The number of nitrogens with zero attached hydrogens (tertiary/aromatic N) is 1. The van der Waals surface area contributed by atoms with Crippen LogP contribution in [0.2, 0.25) is 0 Å². The number of hydrogen-bond donors (Lipinski definition) is 1. The van der Waals surface area contributed by atoms with Gasteiger partial charge in [0.25, 0.3) is 0 Å². The SMILES string of the molecule is CCOc1ccc2[nH]nc(-c3cccs3)c2c1. The van der Waals surface area contributed by atoms with E-state index in [1.54, 1.807) is 11.3 Å². The molecule has 0 aliphatic rings. The van der Waals surface area contributed by atoms with Crippen LogP contribution in [0.15, 0.2) is 35.7 Å². The molecule has 1 N–H and O–H groups in total. The molecule has 3 nitrogen and oxygen atoms in total. The molecule has 0 bridgehead atoms. The summed E-state index contributed by atoms with van der Waals surface area (Å²) in [5, 5.41) is 10.6. The Kier molecular flexibility index (Phi) is 2.57. The average Bonchev–Trinajstić information content (AvgIpc) is 2.96. The van der Waals surface area contributed by atoms with Crippen molar-refractivity contribution in [3.63, 3.8) is 0 Å². The zero-order valence-corrected chi connectivity index (χ0v) is 10.3. The number of fused-ring (bicyclic) bond motifs is 1. The second-order valence-electron chi connectivity index (χ2n) is 3.69. The van der Waals surface area contributed by atoms with Gasteiger partial charge in [-0.3, -0.25) is 5.10 Å². The first-order valence-electron chi connectivity index (χ1n) is 5.53. The van der Waals surface area contributed by atoms with Crippen molar-refractivity contribution in [1.29, 1.82) is 0 Å². The summed E-state index contributed by atoms with van der Waals surface area (Å²) < 4.78 is 5.52. The largest absolute Gasteiger partial charge is 0.494 e. The lowest BCUT2D eigenvalue weighted by atomic mass is 10.2. The highest BCUT2D eigenvalue weighted by atomic mass is 32.1. The number of nitrogens with one attached hydrogen (secondary N) is 1. The van der Waals surface area contributed by atoms with E-state index < -0.39 is 0 Å². The van der Waals surface area contributed by atoms with Gasteiger partial charge in [0, 0.05) is 5.39 Å². The molecule has 0 aliphatic carbocycles. The molecule has 0 atom stereocenters. The van der Waals surface area contributed by atoms with Gasteiger partial charge in [0.05, 0.1) is 17.0 Å². The van der Waals surface area contributed by atoms with Crippen LogP contribution in [-0.4, -0.2) is 16.8 Å². The zero-order chi connectivity index (χ0) is 11.7. The fourth-order valence-electron chi connectivity index (χ4n) is 1.85. The van der Waals surface area contributed by atoms with Gasteiger partial charge < -0.3 is 4.74 Å².